The van der Waals surface area contributed by atoms with Crippen LogP contribution in [-0.2, 0) is 25.7 Å². The molecule has 0 spiro atoms. The van der Waals surface area contributed by atoms with Gasteiger partial charge in [-0.1, -0.05) is 65.3 Å². The van der Waals surface area contributed by atoms with Gasteiger partial charge in [0, 0.05) is 30.5 Å². The predicted octanol–water partition coefficient (Wildman–Crippen LogP) is 8.59. The smallest absolute Gasteiger partial charge is 0.309 e. The van der Waals surface area contributed by atoms with Gasteiger partial charge in [-0.2, -0.15) is 0 Å². The Hall–Kier alpha value is -2.58. The van der Waals surface area contributed by atoms with Crippen LogP contribution in [0, 0.1) is 69.4 Å². The molecule has 1 aromatic carbocycles. The number of aryl methyl sites for hydroxylation is 1. The normalized spacial score (nSPS) is 37.9. The lowest BCUT2D eigenvalue weighted by atomic mass is 9.34. The average Bonchev–Trinajstić information content (AvgIpc) is 3.37. The van der Waals surface area contributed by atoms with E-state index in [-0.39, 0.29) is 58.1 Å². The number of allylic oxidation sites excluding steroid dienone is 1. The van der Waals surface area contributed by atoms with Gasteiger partial charge in [-0.25, -0.2) is 4.39 Å². The third kappa shape index (κ3) is 6.01. The second-order valence-corrected chi connectivity index (χ2v) is 19.4. The van der Waals surface area contributed by atoms with Crippen molar-refractivity contribution in [3.63, 3.8) is 0 Å². The van der Waals surface area contributed by atoms with Crippen LogP contribution in [-0.4, -0.2) is 46.7 Å². The summed E-state index contributed by atoms with van der Waals surface area (Å²) in [5.41, 5.74) is 1.68. The number of carboxylic acid groups (broad SMARTS) is 1. The molecule has 0 radical (unpaired) electrons. The number of carbonyl (C=O) groups is 3. The van der Waals surface area contributed by atoms with E-state index in [0.717, 1.165) is 56.9 Å². The minimum atomic E-state index is -1.16. The Morgan fingerprint density at radius 2 is 1.75 bits per heavy atom. The van der Waals surface area contributed by atoms with Crippen molar-refractivity contribution in [2.45, 2.75) is 145 Å². The number of benzene rings is 1. The molecule has 1 aromatic rings. The Kier molecular flexibility index (Phi) is 10.2. The molecule has 4 fully saturated rings. The summed E-state index contributed by atoms with van der Waals surface area (Å²) in [5.74, 6) is -0.0965. The van der Waals surface area contributed by atoms with Crippen LogP contribution in [0.2, 0.25) is 0 Å². The number of aliphatic hydroxyl groups excluding tert-OH is 1. The van der Waals surface area contributed by atoms with E-state index in [2.05, 4.69) is 46.9 Å². The lowest BCUT2D eigenvalue weighted by molar-refractivity contribution is -0.218. The van der Waals surface area contributed by atoms with E-state index < -0.39 is 28.9 Å². The fourth-order valence-electron chi connectivity index (χ4n) is 12.9. The molecule has 8 heteroatoms. The zero-order valence-corrected chi connectivity index (χ0v) is 33.2. The summed E-state index contributed by atoms with van der Waals surface area (Å²) in [5, 5.41) is 25.0. The molecular formula is C44H64FNO6. The summed E-state index contributed by atoms with van der Waals surface area (Å²) in [7, 11) is 0. The molecule has 0 amide bonds. The van der Waals surface area contributed by atoms with Gasteiger partial charge in [0.2, 0.25) is 0 Å². The van der Waals surface area contributed by atoms with Gasteiger partial charge in [0.1, 0.15) is 11.9 Å². The van der Waals surface area contributed by atoms with Crippen LogP contribution in [0.5, 0.6) is 0 Å². The van der Waals surface area contributed by atoms with Gasteiger partial charge in [0.25, 0.3) is 0 Å². The first-order chi connectivity index (χ1) is 24.2. The summed E-state index contributed by atoms with van der Waals surface area (Å²) < 4.78 is 20.8. The zero-order chi connectivity index (χ0) is 38.2. The van der Waals surface area contributed by atoms with Gasteiger partial charge in [0.15, 0.2) is 5.78 Å². The number of halogens is 1. The van der Waals surface area contributed by atoms with Crippen LogP contribution in [0.1, 0.15) is 131 Å². The number of fused-ring (bicyclic) bond motifs is 7. The fraction of sp³-hybridized carbons (Fsp3) is 0.750. The summed E-state index contributed by atoms with van der Waals surface area (Å²) in [4.78, 5) is 38.6. The van der Waals surface area contributed by atoms with Gasteiger partial charge >= 0.3 is 11.9 Å². The maximum absolute atomic E-state index is 14.8. The SMILES string of the molecule is Cc1cccc(CNC[C@H](O)[C@@]23CC[C@]4(C)[C@H](CC[C@@H]5[C@@]6(C)CC[C@H](OC(=O)CC(C)(C)C(=O)O)[C@H](C)[C@@H]6CC[C@]54C)C2=C(C(C)C)C(=O)C3)c1F. The van der Waals surface area contributed by atoms with Crippen molar-refractivity contribution >= 4 is 17.7 Å². The number of hydrogen-bond donors (Lipinski definition) is 3. The number of nitrogens with one attached hydrogen (secondary N) is 1. The van der Waals surface area contributed by atoms with Crippen LogP contribution >= 0.6 is 0 Å². The molecule has 10 atom stereocenters. The van der Waals surface area contributed by atoms with Crippen molar-refractivity contribution < 1.29 is 33.7 Å². The van der Waals surface area contributed by atoms with Crippen LogP contribution in [0.3, 0.4) is 0 Å². The molecule has 4 saturated carbocycles. The molecule has 3 N–H and O–H groups in total. The van der Waals surface area contributed by atoms with Gasteiger partial charge < -0.3 is 20.3 Å². The molecule has 7 nitrogen and oxygen atoms in total. The summed E-state index contributed by atoms with van der Waals surface area (Å²) in [6.07, 6.45) is 6.90. The number of esters is 1. The number of hydrogen-bond acceptors (Lipinski definition) is 6. The number of Topliss-reactive ketones (excluding diaryl/α,β-unsaturated/α-hetero) is 1. The highest BCUT2D eigenvalue weighted by Crippen LogP contribution is 2.76. The molecular weight excluding hydrogens is 657 g/mol. The van der Waals surface area contributed by atoms with Crippen molar-refractivity contribution in [3.05, 3.63) is 46.3 Å². The molecule has 52 heavy (non-hydrogen) atoms. The van der Waals surface area contributed by atoms with E-state index in [4.69, 9.17) is 4.74 Å². The number of ketones is 1. The van der Waals surface area contributed by atoms with Gasteiger partial charge in [-0.3, -0.25) is 14.4 Å². The van der Waals surface area contributed by atoms with Crippen LogP contribution in [0.25, 0.3) is 0 Å². The molecule has 0 heterocycles. The van der Waals surface area contributed by atoms with Crippen molar-refractivity contribution in [1.82, 2.24) is 5.32 Å². The number of ether oxygens (including phenoxy) is 1. The lowest BCUT2D eigenvalue weighted by Gasteiger charge is -2.71. The van der Waals surface area contributed by atoms with Gasteiger partial charge in [-0.15, -0.1) is 0 Å². The van der Waals surface area contributed by atoms with Crippen LogP contribution in [0.15, 0.2) is 29.3 Å². The number of aliphatic carboxylic acids is 1. The molecule has 0 saturated heterocycles. The first kappa shape index (κ1) is 39.1. The Bertz CT molecular complexity index is 1630. The van der Waals surface area contributed by atoms with Crippen LogP contribution in [0.4, 0.5) is 4.39 Å². The molecule has 6 rings (SSSR count). The Balaban J connectivity index is 1.24. The highest BCUT2D eigenvalue weighted by atomic mass is 19.1. The van der Waals surface area contributed by atoms with E-state index in [1.165, 1.54) is 5.57 Å². The van der Waals surface area contributed by atoms with E-state index in [1.807, 2.05) is 6.07 Å². The first-order valence-corrected chi connectivity index (χ1v) is 20.1. The first-order valence-electron chi connectivity index (χ1n) is 20.1. The highest BCUT2D eigenvalue weighted by molar-refractivity contribution is 6.00. The molecule has 5 aliphatic rings. The lowest BCUT2D eigenvalue weighted by Crippen LogP contribution is -2.65. The van der Waals surface area contributed by atoms with Crippen molar-refractivity contribution in [1.29, 1.82) is 0 Å². The maximum atomic E-state index is 14.8. The van der Waals surface area contributed by atoms with E-state index >= 15 is 0 Å². The van der Waals surface area contributed by atoms with Crippen LogP contribution < -0.4 is 5.32 Å². The topological polar surface area (TPSA) is 113 Å². The van der Waals surface area contributed by atoms with E-state index in [0.29, 0.717) is 42.5 Å². The van der Waals surface area contributed by atoms with E-state index in [9.17, 15) is 29.0 Å². The Morgan fingerprint density at radius 1 is 1.04 bits per heavy atom. The van der Waals surface area contributed by atoms with Crippen molar-refractivity contribution in [3.8, 4) is 0 Å². The number of aliphatic hydroxyl groups is 1. The van der Waals surface area contributed by atoms with Crippen molar-refractivity contribution in [2.75, 3.05) is 6.54 Å². The second-order valence-electron chi connectivity index (χ2n) is 19.4. The van der Waals surface area contributed by atoms with E-state index in [1.54, 1.807) is 32.9 Å². The third-order valence-electron chi connectivity index (χ3n) is 16.0. The number of rotatable bonds is 10. The minimum absolute atomic E-state index is 0.0364. The molecule has 5 aliphatic carbocycles. The predicted molar refractivity (Wildman–Crippen MR) is 200 cm³/mol. The molecule has 288 valence electrons. The minimum Gasteiger partial charge on any atom is -0.481 e. The number of carbonyl (C=O) groups excluding carboxylic acids is 2. The summed E-state index contributed by atoms with van der Waals surface area (Å²) in [6, 6.07) is 5.40. The summed E-state index contributed by atoms with van der Waals surface area (Å²) in [6.45, 7) is 19.5. The Labute approximate surface area is 310 Å². The fourth-order valence-corrected chi connectivity index (χ4v) is 12.9. The third-order valence-corrected chi connectivity index (χ3v) is 16.0. The Morgan fingerprint density at radius 3 is 2.42 bits per heavy atom. The largest absolute Gasteiger partial charge is 0.481 e. The molecule has 0 aromatic heterocycles. The van der Waals surface area contributed by atoms with Gasteiger partial charge in [-0.05, 0) is 129 Å². The average molecular weight is 722 g/mol. The molecule has 0 unspecified atom stereocenters. The zero-order valence-electron chi connectivity index (χ0n) is 33.2. The quantitative estimate of drug-likeness (QED) is 0.208. The summed E-state index contributed by atoms with van der Waals surface area (Å²) >= 11 is 0. The highest BCUT2D eigenvalue weighted by Gasteiger charge is 2.69. The monoisotopic (exact) mass is 721 g/mol. The maximum Gasteiger partial charge on any atom is 0.309 e. The standard InChI is InChI=1S/C44H64FNO6/c1-25(2)36-31(47)21-44(34(48)24-46-23-28-12-10-11-26(3)38(28)45)20-19-42(8)30(37(36)44)13-14-33-41(7)17-16-32(27(4)29(41)15-18-43(33,42)9)52-35(49)22-40(5,6)39(50)51/h10-12,25,27,29-30,32-34,46,48H,13-24H2,1-9H3,(H,50,51)/t27-,29+,30-,32+,33-,34+,41+,42-,43-,44+/m1/s1. The van der Waals surface area contributed by atoms with Gasteiger partial charge in [0.05, 0.1) is 17.9 Å². The second kappa shape index (κ2) is 13.6. The molecule has 0 aliphatic heterocycles. The number of carboxylic acids is 1. The molecule has 0 bridgehead atoms. The van der Waals surface area contributed by atoms with Crippen molar-refractivity contribution in [2.24, 2.45) is 56.7 Å².